The smallest absolute Gasteiger partial charge is 0.178 e. The summed E-state index contributed by atoms with van der Waals surface area (Å²) in [6.07, 6.45) is 1.74. The number of benzene rings is 2. The first kappa shape index (κ1) is 15.7. The van der Waals surface area contributed by atoms with E-state index in [9.17, 15) is 0 Å². The molecule has 2 aromatic carbocycles. The molecule has 0 aliphatic rings. The van der Waals surface area contributed by atoms with E-state index >= 15 is 0 Å². The van der Waals surface area contributed by atoms with Crippen molar-refractivity contribution in [1.82, 2.24) is 15.0 Å². The summed E-state index contributed by atoms with van der Waals surface area (Å²) in [6.45, 7) is 0.734. The van der Waals surface area contributed by atoms with Gasteiger partial charge in [0, 0.05) is 34.2 Å². The quantitative estimate of drug-likeness (QED) is 0.443. The number of nitrogens with zero attached hydrogens (tertiary/aromatic N) is 2. The summed E-state index contributed by atoms with van der Waals surface area (Å²) in [5, 5.41) is 3.41. The number of rotatable bonds is 4. The number of nitrogens with two attached hydrogens (primary N) is 1. The van der Waals surface area contributed by atoms with Crippen molar-refractivity contribution in [3.63, 3.8) is 0 Å². The van der Waals surface area contributed by atoms with Crippen molar-refractivity contribution in [3.05, 3.63) is 70.8 Å². The number of hydrogen-bond donors (Lipinski definition) is 3. The lowest BCUT2D eigenvalue weighted by atomic mass is 10.1. The average molecular weight is 394 g/mol. The van der Waals surface area contributed by atoms with E-state index < -0.39 is 0 Å². The largest absolute Gasteiger partial charge is 0.399 e. The number of aromatic amines is 1. The molecule has 25 heavy (non-hydrogen) atoms. The molecule has 0 atom stereocenters. The van der Waals surface area contributed by atoms with E-state index in [4.69, 9.17) is 5.73 Å². The van der Waals surface area contributed by atoms with Crippen LogP contribution in [0.15, 0.2) is 65.3 Å². The maximum Gasteiger partial charge on any atom is 0.178 e. The Morgan fingerprint density at radius 3 is 2.76 bits per heavy atom. The number of H-pyrrole nitrogens is 1. The fourth-order valence-corrected chi connectivity index (χ4v) is 3.03. The summed E-state index contributed by atoms with van der Waals surface area (Å²) in [6, 6.07) is 18.1. The minimum absolute atomic E-state index is 0.680. The molecular weight excluding hydrogens is 378 g/mol. The molecule has 0 saturated carbocycles. The number of aromatic nitrogens is 3. The predicted molar refractivity (Wildman–Crippen MR) is 105 cm³/mol. The van der Waals surface area contributed by atoms with Crippen LogP contribution in [0, 0.1) is 0 Å². The molecule has 124 valence electrons. The summed E-state index contributed by atoms with van der Waals surface area (Å²) in [5.41, 5.74) is 11.4. The zero-order chi connectivity index (χ0) is 17.2. The van der Waals surface area contributed by atoms with E-state index in [1.54, 1.807) is 6.20 Å². The molecular formula is C19H16BrN5. The third-order valence-electron chi connectivity index (χ3n) is 3.87. The Morgan fingerprint density at radius 2 is 1.92 bits per heavy atom. The Labute approximate surface area is 153 Å². The predicted octanol–water partition coefficient (Wildman–Crippen LogP) is 4.58. The molecule has 4 N–H and O–H groups in total. The standard InChI is InChI=1S/C19H16BrN5/c20-14-8-17-19(23-11-14)25-18(24-17)13-6-15(21)9-16(7-13)22-10-12-4-2-1-3-5-12/h1-9,11,22H,10,21H2,(H,23,24,25). The highest BCUT2D eigenvalue weighted by molar-refractivity contribution is 9.10. The van der Waals surface area contributed by atoms with Crippen molar-refractivity contribution in [3.8, 4) is 11.4 Å². The lowest BCUT2D eigenvalue weighted by Gasteiger charge is -2.09. The third kappa shape index (κ3) is 3.49. The maximum absolute atomic E-state index is 6.08. The molecule has 0 amide bonds. The molecule has 4 rings (SSSR count). The van der Waals surface area contributed by atoms with Crippen molar-refractivity contribution in [2.45, 2.75) is 6.54 Å². The Bertz CT molecular complexity index is 1030. The van der Waals surface area contributed by atoms with Gasteiger partial charge >= 0.3 is 0 Å². The van der Waals surface area contributed by atoms with Crippen molar-refractivity contribution in [1.29, 1.82) is 0 Å². The Balaban J connectivity index is 1.64. The molecule has 2 heterocycles. The highest BCUT2D eigenvalue weighted by atomic mass is 79.9. The summed E-state index contributed by atoms with van der Waals surface area (Å²) in [5.74, 6) is 0.746. The molecule has 6 heteroatoms. The summed E-state index contributed by atoms with van der Waals surface area (Å²) < 4.78 is 0.910. The Kier molecular flexibility index (Phi) is 4.11. The number of fused-ring (bicyclic) bond motifs is 1. The SMILES string of the molecule is Nc1cc(NCc2ccccc2)cc(-c2nc3ncc(Br)cc3[nH]2)c1. The maximum atomic E-state index is 6.08. The monoisotopic (exact) mass is 393 g/mol. The van der Waals surface area contributed by atoms with E-state index in [2.05, 4.69) is 48.3 Å². The lowest BCUT2D eigenvalue weighted by molar-refractivity contribution is 1.15. The van der Waals surface area contributed by atoms with Gasteiger partial charge in [0.15, 0.2) is 5.65 Å². The van der Waals surface area contributed by atoms with Crippen LogP contribution in [0.1, 0.15) is 5.56 Å². The molecule has 0 aliphatic carbocycles. The third-order valence-corrected chi connectivity index (χ3v) is 4.31. The Hall–Kier alpha value is -2.86. The normalized spacial score (nSPS) is 10.9. The first-order valence-electron chi connectivity index (χ1n) is 7.87. The molecule has 5 nitrogen and oxygen atoms in total. The summed E-state index contributed by atoms with van der Waals surface area (Å²) >= 11 is 3.42. The van der Waals surface area contributed by atoms with Crippen molar-refractivity contribution < 1.29 is 0 Å². The fraction of sp³-hybridized carbons (Fsp3) is 0.0526. The van der Waals surface area contributed by atoms with Crippen LogP contribution in [0.4, 0.5) is 11.4 Å². The highest BCUT2D eigenvalue weighted by Gasteiger charge is 2.09. The number of halogens is 1. The lowest BCUT2D eigenvalue weighted by Crippen LogP contribution is -2.00. The molecule has 0 radical (unpaired) electrons. The van der Waals surface area contributed by atoms with Gasteiger partial charge in [-0.1, -0.05) is 30.3 Å². The summed E-state index contributed by atoms with van der Waals surface area (Å²) in [4.78, 5) is 12.2. The highest BCUT2D eigenvalue weighted by Crippen LogP contribution is 2.26. The van der Waals surface area contributed by atoms with Crippen LogP contribution in [0.5, 0.6) is 0 Å². The van der Waals surface area contributed by atoms with E-state index in [1.165, 1.54) is 5.56 Å². The number of nitrogen functional groups attached to an aromatic ring is 1. The van der Waals surface area contributed by atoms with Crippen LogP contribution in [-0.2, 0) is 6.54 Å². The van der Waals surface area contributed by atoms with E-state index in [1.807, 2.05) is 42.5 Å². The van der Waals surface area contributed by atoms with Gasteiger partial charge in [-0.05, 0) is 45.8 Å². The zero-order valence-electron chi connectivity index (χ0n) is 13.3. The van der Waals surface area contributed by atoms with Crippen LogP contribution in [0.3, 0.4) is 0 Å². The van der Waals surface area contributed by atoms with Gasteiger partial charge < -0.3 is 16.0 Å². The summed E-state index contributed by atoms with van der Waals surface area (Å²) in [7, 11) is 0. The van der Waals surface area contributed by atoms with E-state index in [0.29, 0.717) is 11.3 Å². The van der Waals surface area contributed by atoms with Crippen molar-refractivity contribution >= 4 is 38.5 Å². The number of anilines is 2. The number of imidazole rings is 1. The second-order valence-corrected chi connectivity index (χ2v) is 6.71. The van der Waals surface area contributed by atoms with Crippen LogP contribution >= 0.6 is 15.9 Å². The van der Waals surface area contributed by atoms with Crippen LogP contribution < -0.4 is 11.1 Å². The van der Waals surface area contributed by atoms with Crippen LogP contribution in [0.25, 0.3) is 22.6 Å². The second kappa shape index (κ2) is 6.57. The van der Waals surface area contributed by atoms with Gasteiger partial charge in [-0.2, -0.15) is 0 Å². The minimum atomic E-state index is 0.680. The fourth-order valence-electron chi connectivity index (χ4n) is 2.70. The average Bonchev–Trinajstić information content (AvgIpc) is 3.04. The van der Waals surface area contributed by atoms with Crippen molar-refractivity contribution in [2.75, 3.05) is 11.1 Å². The van der Waals surface area contributed by atoms with Gasteiger partial charge in [0.1, 0.15) is 5.82 Å². The van der Waals surface area contributed by atoms with Gasteiger partial charge in [0.25, 0.3) is 0 Å². The van der Waals surface area contributed by atoms with Gasteiger partial charge in [-0.25, -0.2) is 9.97 Å². The van der Waals surface area contributed by atoms with Crippen LogP contribution in [0.2, 0.25) is 0 Å². The number of hydrogen-bond acceptors (Lipinski definition) is 4. The number of nitrogens with one attached hydrogen (secondary N) is 2. The van der Waals surface area contributed by atoms with E-state index in [0.717, 1.165) is 33.6 Å². The van der Waals surface area contributed by atoms with Gasteiger partial charge in [-0.15, -0.1) is 0 Å². The minimum Gasteiger partial charge on any atom is -0.399 e. The Morgan fingerprint density at radius 1 is 1.08 bits per heavy atom. The molecule has 0 aliphatic heterocycles. The molecule has 2 aromatic heterocycles. The first-order chi connectivity index (χ1) is 12.2. The molecule has 0 fully saturated rings. The van der Waals surface area contributed by atoms with Crippen molar-refractivity contribution in [2.24, 2.45) is 0 Å². The number of pyridine rings is 1. The van der Waals surface area contributed by atoms with Gasteiger partial charge in [-0.3, -0.25) is 0 Å². The molecule has 0 saturated heterocycles. The van der Waals surface area contributed by atoms with Gasteiger partial charge in [0.05, 0.1) is 5.52 Å². The first-order valence-corrected chi connectivity index (χ1v) is 8.67. The van der Waals surface area contributed by atoms with E-state index in [-0.39, 0.29) is 0 Å². The molecule has 0 unspecified atom stereocenters. The van der Waals surface area contributed by atoms with Crippen LogP contribution in [-0.4, -0.2) is 15.0 Å². The molecule has 0 bridgehead atoms. The topological polar surface area (TPSA) is 79.6 Å². The van der Waals surface area contributed by atoms with Gasteiger partial charge in [0.2, 0.25) is 0 Å². The molecule has 4 aromatic rings. The molecule has 0 spiro atoms. The second-order valence-electron chi connectivity index (χ2n) is 5.79. The zero-order valence-corrected chi connectivity index (χ0v) is 14.9.